The number of nitrogens with one attached hydrogen (secondary N) is 1. The summed E-state index contributed by atoms with van der Waals surface area (Å²) < 4.78 is 0.273. The molecule has 0 bridgehead atoms. The molecule has 1 aliphatic rings. The minimum atomic E-state index is 0.273. The predicted molar refractivity (Wildman–Crippen MR) is 91.8 cm³/mol. The fourth-order valence-corrected chi connectivity index (χ4v) is 3.33. The van der Waals surface area contributed by atoms with Gasteiger partial charge in [0.2, 0.25) is 0 Å². The molecule has 0 aromatic carbocycles. The molecule has 3 nitrogen and oxygen atoms in total. The third-order valence-electron chi connectivity index (χ3n) is 3.80. The third-order valence-corrected chi connectivity index (χ3v) is 5.06. The van der Waals surface area contributed by atoms with Gasteiger partial charge >= 0.3 is 0 Å². The topological polar surface area (TPSA) is 37.8 Å². The van der Waals surface area contributed by atoms with Gasteiger partial charge in [-0.3, -0.25) is 0 Å². The monoisotopic (exact) mass is 307 g/mol. The normalized spacial score (nSPS) is 18.6. The second-order valence-electron chi connectivity index (χ2n) is 6.97. The van der Waals surface area contributed by atoms with Crippen molar-refractivity contribution in [2.45, 2.75) is 63.9 Å². The lowest BCUT2D eigenvalue weighted by molar-refractivity contribution is 0.419. The first-order valence-corrected chi connectivity index (χ1v) is 9.15. The summed E-state index contributed by atoms with van der Waals surface area (Å²) in [4.78, 5) is 9.37. The minimum Gasteiger partial charge on any atom is -0.316 e. The number of rotatable bonds is 6. The van der Waals surface area contributed by atoms with Crippen LogP contribution in [0.4, 0.5) is 0 Å². The smallest absolute Gasteiger partial charge is 0.138 e. The Morgan fingerprint density at radius 2 is 2.19 bits per heavy atom. The van der Waals surface area contributed by atoms with Gasteiger partial charge in [0.1, 0.15) is 5.82 Å². The van der Waals surface area contributed by atoms with Crippen molar-refractivity contribution in [3.8, 4) is 0 Å². The summed E-state index contributed by atoms with van der Waals surface area (Å²) in [6.07, 6.45) is 6.79. The van der Waals surface area contributed by atoms with Crippen LogP contribution in [0.3, 0.4) is 0 Å². The van der Waals surface area contributed by atoms with E-state index in [0.29, 0.717) is 0 Å². The summed E-state index contributed by atoms with van der Waals surface area (Å²) in [7, 11) is 0. The summed E-state index contributed by atoms with van der Waals surface area (Å²) in [5, 5.41) is 3.54. The van der Waals surface area contributed by atoms with Gasteiger partial charge in [-0.25, -0.2) is 9.97 Å². The fourth-order valence-electron chi connectivity index (χ4n) is 2.63. The van der Waals surface area contributed by atoms with Crippen LogP contribution < -0.4 is 5.32 Å². The Kier molecular flexibility index (Phi) is 6.06. The first-order valence-electron chi connectivity index (χ1n) is 8.16. The van der Waals surface area contributed by atoms with E-state index in [2.05, 4.69) is 44.2 Å². The van der Waals surface area contributed by atoms with Gasteiger partial charge < -0.3 is 5.32 Å². The molecular formula is C17H29N3S. The molecule has 0 fully saturated rings. The highest BCUT2D eigenvalue weighted by Crippen LogP contribution is 2.28. The van der Waals surface area contributed by atoms with E-state index in [1.807, 2.05) is 11.8 Å². The number of nitrogens with zero attached hydrogens (tertiary/aromatic N) is 2. The maximum absolute atomic E-state index is 4.79. The molecule has 1 unspecified atom stereocenters. The number of fused-ring (bicyclic) bond motifs is 1. The molecular weight excluding hydrogens is 278 g/mol. The van der Waals surface area contributed by atoms with Crippen LogP contribution in [-0.4, -0.2) is 27.8 Å². The Labute approximate surface area is 133 Å². The van der Waals surface area contributed by atoms with Crippen LogP contribution in [0.15, 0.2) is 6.20 Å². The first-order chi connectivity index (χ1) is 9.98. The molecule has 1 heterocycles. The van der Waals surface area contributed by atoms with Crippen LogP contribution in [0, 0.1) is 5.92 Å². The number of aryl methyl sites for hydroxylation is 1. The molecule has 1 aliphatic carbocycles. The summed E-state index contributed by atoms with van der Waals surface area (Å²) in [5.41, 5.74) is 2.66. The molecule has 0 spiro atoms. The summed E-state index contributed by atoms with van der Waals surface area (Å²) in [5.74, 6) is 2.66. The van der Waals surface area contributed by atoms with Gasteiger partial charge in [0.05, 0.1) is 5.75 Å². The summed E-state index contributed by atoms with van der Waals surface area (Å²) in [6.45, 7) is 11.2. The van der Waals surface area contributed by atoms with Crippen LogP contribution in [0.5, 0.6) is 0 Å². The highest BCUT2D eigenvalue weighted by atomic mass is 32.2. The van der Waals surface area contributed by atoms with Gasteiger partial charge in [-0.05, 0) is 50.3 Å². The van der Waals surface area contributed by atoms with Gasteiger partial charge in [0.25, 0.3) is 0 Å². The van der Waals surface area contributed by atoms with Crippen molar-refractivity contribution < 1.29 is 0 Å². The molecule has 4 heteroatoms. The number of thioether (sulfide) groups is 1. The fraction of sp³-hybridized carbons (Fsp3) is 0.765. The second-order valence-corrected chi connectivity index (χ2v) is 8.77. The molecule has 1 aromatic heterocycles. The number of aromatic nitrogens is 2. The SMILES string of the molecule is CCCNCC1CCc2nc(CSC(C)(C)C)ncc2C1. The average Bonchev–Trinajstić information content (AvgIpc) is 2.44. The summed E-state index contributed by atoms with van der Waals surface area (Å²) in [6, 6.07) is 0. The largest absolute Gasteiger partial charge is 0.316 e. The Balaban J connectivity index is 1.91. The van der Waals surface area contributed by atoms with E-state index in [1.54, 1.807) is 0 Å². The first kappa shape index (κ1) is 16.8. The lowest BCUT2D eigenvalue weighted by atomic mass is 9.87. The van der Waals surface area contributed by atoms with Gasteiger partial charge in [0.15, 0.2) is 0 Å². The molecule has 1 aromatic rings. The average molecular weight is 308 g/mol. The van der Waals surface area contributed by atoms with E-state index in [4.69, 9.17) is 4.98 Å². The van der Waals surface area contributed by atoms with Crippen molar-refractivity contribution in [1.82, 2.24) is 15.3 Å². The van der Waals surface area contributed by atoms with Gasteiger partial charge in [-0.2, -0.15) is 0 Å². The zero-order valence-corrected chi connectivity index (χ0v) is 14.7. The summed E-state index contributed by atoms with van der Waals surface area (Å²) >= 11 is 1.92. The van der Waals surface area contributed by atoms with Crippen molar-refractivity contribution in [3.05, 3.63) is 23.3 Å². The second kappa shape index (κ2) is 7.59. The third kappa shape index (κ3) is 5.59. The van der Waals surface area contributed by atoms with E-state index in [-0.39, 0.29) is 4.75 Å². The molecule has 2 rings (SSSR count). The molecule has 1 atom stereocenters. The Hall–Kier alpha value is -0.610. The quantitative estimate of drug-likeness (QED) is 0.815. The van der Waals surface area contributed by atoms with Crippen LogP contribution in [0.25, 0.3) is 0 Å². The van der Waals surface area contributed by atoms with Crippen LogP contribution in [0.2, 0.25) is 0 Å². The lowest BCUT2D eigenvalue weighted by Gasteiger charge is -2.24. The van der Waals surface area contributed by atoms with Gasteiger partial charge in [-0.1, -0.05) is 27.7 Å². The molecule has 0 amide bonds. The maximum Gasteiger partial charge on any atom is 0.138 e. The standard InChI is InChI=1S/C17H29N3S/c1-5-8-18-10-13-6-7-15-14(9-13)11-19-16(20-15)12-21-17(2,3)4/h11,13,18H,5-10,12H2,1-4H3. The zero-order chi connectivity index (χ0) is 15.3. The minimum absolute atomic E-state index is 0.273. The maximum atomic E-state index is 4.79. The molecule has 0 radical (unpaired) electrons. The van der Waals surface area contributed by atoms with Crippen LogP contribution in [-0.2, 0) is 18.6 Å². The van der Waals surface area contributed by atoms with Crippen molar-refractivity contribution in [3.63, 3.8) is 0 Å². The highest BCUT2D eigenvalue weighted by molar-refractivity contribution is 7.99. The van der Waals surface area contributed by atoms with E-state index in [1.165, 1.54) is 24.1 Å². The van der Waals surface area contributed by atoms with Crippen molar-refractivity contribution in [2.24, 2.45) is 5.92 Å². The molecule has 0 aliphatic heterocycles. The van der Waals surface area contributed by atoms with Gasteiger partial charge in [0, 0.05) is 16.6 Å². The molecule has 1 N–H and O–H groups in total. The number of hydrogen-bond acceptors (Lipinski definition) is 4. The Morgan fingerprint density at radius 3 is 2.90 bits per heavy atom. The number of hydrogen-bond donors (Lipinski definition) is 1. The lowest BCUT2D eigenvalue weighted by Crippen LogP contribution is -2.28. The zero-order valence-electron chi connectivity index (χ0n) is 13.9. The molecule has 0 saturated heterocycles. The van der Waals surface area contributed by atoms with Crippen molar-refractivity contribution in [2.75, 3.05) is 13.1 Å². The van der Waals surface area contributed by atoms with E-state index in [9.17, 15) is 0 Å². The van der Waals surface area contributed by atoms with E-state index >= 15 is 0 Å². The van der Waals surface area contributed by atoms with E-state index in [0.717, 1.165) is 43.4 Å². The highest BCUT2D eigenvalue weighted by Gasteiger charge is 2.20. The van der Waals surface area contributed by atoms with Crippen molar-refractivity contribution >= 4 is 11.8 Å². The van der Waals surface area contributed by atoms with Crippen LogP contribution in [0.1, 0.15) is 57.6 Å². The molecule has 0 saturated carbocycles. The molecule has 21 heavy (non-hydrogen) atoms. The molecule has 118 valence electrons. The Morgan fingerprint density at radius 1 is 1.38 bits per heavy atom. The van der Waals surface area contributed by atoms with Gasteiger partial charge in [-0.15, -0.1) is 11.8 Å². The van der Waals surface area contributed by atoms with Crippen LogP contribution >= 0.6 is 11.8 Å². The Bertz CT molecular complexity index is 454. The van der Waals surface area contributed by atoms with E-state index < -0.39 is 0 Å². The predicted octanol–water partition coefficient (Wildman–Crippen LogP) is 3.61. The van der Waals surface area contributed by atoms with Crippen molar-refractivity contribution in [1.29, 1.82) is 0 Å².